The average molecular weight is 277 g/mol. The van der Waals surface area contributed by atoms with Crippen molar-refractivity contribution in [1.29, 1.82) is 0 Å². The second kappa shape index (κ2) is 4.17. The molecule has 0 radical (unpaired) electrons. The quantitative estimate of drug-likeness (QED) is 0.606. The van der Waals surface area contributed by atoms with Crippen molar-refractivity contribution >= 4 is 28.0 Å². The fourth-order valence-corrected chi connectivity index (χ4v) is 2.53. The largest absolute Gasteiger partial charge is 0.366 e. The molecule has 0 aliphatic rings. The number of hydrogen-bond donors (Lipinski definition) is 1. The summed E-state index contributed by atoms with van der Waals surface area (Å²) in [6, 6.07) is 13.1. The molecule has 4 aromatic rings. The Morgan fingerprint density at radius 3 is 2.48 bits per heavy atom. The molecule has 0 aliphatic heterocycles. The first-order valence-electron chi connectivity index (χ1n) is 6.44. The number of carbonyl (C=O) groups is 1. The Hall–Kier alpha value is -3.15. The van der Waals surface area contributed by atoms with Crippen LogP contribution in [0.25, 0.3) is 22.1 Å². The average Bonchev–Trinajstić information content (AvgIpc) is 3.09. The van der Waals surface area contributed by atoms with Gasteiger partial charge in [0.1, 0.15) is 18.2 Å². The van der Waals surface area contributed by atoms with E-state index >= 15 is 0 Å². The number of primary amides is 1. The second-order valence-electron chi connectivity index (χ2n) is 4.70. The molecule has 0 aliphatic carbocycles. The third kappa shape index (κ3) is 1.62. The first kappa shape index (κ1) is 11.7. The normalized spacial score (nSPS) is 11.2. The van der Waals surface area contributed by atoms with Crippen molar-refractivity contribution in [2.24, 2.45) is 5.73 Å². The Morgan fingerprint density at radius 1 is 0.905 bits per heavy atom. The second-order valence-corrected chi connectivity index (χ2v) is 4.70. The fourth-order valence-electron chi connectivity index (χ4n) is 2.53. The Morgan fingerprint density at radius 2 is 1.62 bits per heavy atom. The summed E-state index contributed by atoms with van der Waals surface area (Å²) in [6.07, 6.45) is 3.36. The lowest BCUT2D eigenvalue weighted by Gasteiger charge is -2.08. The smallest absolute Gasteiger partial charge is 0.250 e. The van der Waals surface area contributed by atoms with E-state index in [1.165, 1.54) is 0 Å². The predicted molar refractivity (Wildman–Crippen MR) is 78.8 cm³/mol. The Kier molecular flexibility index (Phi) is 2.32. The summed E-state index contributed by atoms with van der Waals surface area (Å²) in [7, 11) is 0. The number of para-hydroxylation sites is 3. The van der Waals surface area contributed by atoms with Crippen molar-refractivity contribution in [3.05, 3.63) is 60.7 Å². The molecule has 6 nitrogen and oxygen atoms in total. The number of carbonyl (C=O) groups excluding carboxylic acids is 1. The number of benzene rings is 2. The molecule has 0 unspecified atom stereocenters. The Bertz CT molecular complexity index is 982. The van der Waals surface area contributed by atoms with E-state index < -0.39 is 5.91 Å². The lowest BCUT2D eigenvalue weighted by molar-refractivity contribution is 0.100. The minimum absolute atomic E-state index is 0.433. The number of rotatable bonds is 2. The Labute approximate surface area is 119 Å². The number of fused-ring (bicyclic) bond motifs is 2. The number of hydrogen-bond acceptors (Lipinski definition) is 3. The third-order valence-corrected chi connectivity index (χ3v) is 3.48. The zero-order valence-corrected chi connectivity index (χ0v) is 11.0. The Balaban J connectivity index is 2.09. The summed E-state index contributed by atoms with van der Waals surface area (Å²) in [5.74, 6) is -0.480. The molecule has 6 heteroatoms. The van der Waals surface area contributed by atoms with Gasteiger partial charge in [-0.25, -0.2) is 19.3 Å². The van der Waals surface area contributed by atoms with Gasteiger partial charge >= 0.3 is 0 Å². The summed E-state index contributed by atoms with van der Waals surface area (Å²) >= 11 is 0. The highest BCUT2D eigenvalue weighted by atomic mass is 16.1. The maximum atomic E-state index is 11.7. The van der Waals surface area contributed by atoms with E-state index in [0.717, 1.165) is 11.0 Å². The summed E-state index contributed by atoms with van der Waals surface area (Å²) < 4.78 is 3.63. The van der Waals surface area contributed by atoms with E-state index in [1.54, 1.807) is 29.5 Å². The van der Waals surface area contributed by atoms with Crippen molar-refractivity contribution in [1.82, 2.24) is 19.3 Å². The molecule has 0 atom stereocenters. The maximum Gasteiger partial charge on any atom is 0.250 e. The zero-order chi connectivity index (χ0) is 14.4. The van der Waals surface area contributed by atoms with Crippen LogP contribution in [0.15, 0.2) is 55.1 Å². The molecule has 4 rings (SSSR count). The third-order valence-electron chi connectivity index (χ3n) is 3.48. The molecule has 0 fully saturated rings. The molecule has 0 saturated heterocycles. The topological polar surface area (TPSA) is 78.7 Å². The summed E-state index contributed by atoms with van der Waals surface area (Å²) in [5.41, 5.74) is 9.09. The van der Waals surface area contributed by atoms with Crippen LogP contribution in [0.4, 0.5) is 0 Å². The van der Waals surface area contributed by atoms with Crippen LogP contribution in [0, 0.1) is 0 Å². The van der Waals surface area contributed by atoms with E-state index in [2.05, 4.69) is 9.97 Å². The van der Waals surface area contributed by atoms with Crippen LogP contribution in [0.2, 0.25) is 0 Å². The van der Waals surface area contributed by atoms with E-state index in [-0.39, 0.29) is 0 Å². The van der Waals surface area contributed by atoms with Crippen molar-refractivity contribution in [3.63, 3.8) is 0 Å². The van der Waals surface area contributed by atoms with Crippen molar-refractivity contribution in [2.45, 2.75) is 0 Å². The van der Waals surface area contributed by atoms with Gasteiger partial charge in [-0.2, -0.15) is 0 Å². The van der Waals surface area contributed by atoms with E-state index in [0.29, 0.717) is 16.6 Å². The number of nitrogens with zero attached hydrogens (tertiary/aromatic N) is 4. The summed E-state index contributed by atoms with van der Waals surface area (Å²) in [6.45, 7) is 0. The molecule has 102 valence electrons. The van der Waals surface area contributed by atoms with Gasteiger partial charge in [0.25, 0.3) is 5.91 Å². The highest BCUT2D eigenvalue weighted by Gasteiger charge is 2.14. The molecule has 1 amide bonds. The molecule has 2 heterocycles. The maximum absolute atomic E-state index is 11.7. The van der Waals surface area contributed by atoms with Crippen LogP contribution in [0.3, 0.4) is 0 Å². The van der Waals surface area contributed by atoms with E-state index in [1.807, 2.05) is 35.0 Å². The number of amides is 1. The molecule has 2 N–H and O–H groups in total. The van der Waals surface area contributed by atoms with Crippen molar-refractivity contribution in [3.8, 4) is 0 Å². The van der Waals surface area contributed by atoms with Gasteiger partial charge in [-0.15, -0.1) is 0 Å². The number of aromatic nitrogens is 4. The minimum atomic E-state index is -0.480. The highest BCUT2D eigenvalue weighted by molar-refractivity contribution is 6.04. The summed E-state index contributed by atoms with van der Waals surface area (Å²) in [4.78, 5) is 20.3. The van der Waals surface area contributed by atoms with Crippen LogP contribution in [-0.4, -0.2) is 25.2 Å². The van der Waals surface area contributed by atoms with Crippen LogP contribution in [0.1, 0.15) is 10.4 Å². The van der Waals surface area contributed by atoms with Crippen molar-refractivity contribution in [2.75, 3.05) is 0 Å². The van der Waals surface area contributed by atoms with Crippen LogP contribution in [0.5, 0.6) is 0 Å². The standard InChI is InChI=1S/C15H11N5O/c16-15(21)10-4-3-6-12-14(10)20(9-18-12)19-8-17-11-5-1-2-7-13(11)19/h1-9H,(H2,16,21). The van der Waals surface area contributed by atoms with Crippen LogP contribution < -0.4 is 5.73 Å². The molecule has 0 saturated carbocycles. The van der Waals surface area contributed by atoms with E-state index in [9.17, 15) is 4.79 Å². The molecule has 21 heavy (non-hydrogen) atoms. The molecular formula is C15H11N5O. The van der Waals surface area contributed by atoms with E-state index in [4.69, 9.17) is 5.73 Å². The molecular weight excluding hydrogens is 266 g/mol. The summed E-state index contributed by atoms with van der Waals surface area (Å²) in [5, 5.41) is 0. The van der Waals surface area contributed by atoms with Gasteiger partial charge in [-0.05, 0) is 24.3 Å². The fraction of sp³-hybridized carbons (Fsp3) is 0. The predicted octanol–water partition coefficient (Wildman–Crippen LogP) is 1.80. The monoisotopic (exact) mass is 277 g/mol. The zero-order valence-electron chi connectivity index (χ0n) is 11.0. The lowest BCUT2D eigenvalue weighted by Crippen LogP contribution is -2.15. The van der Waals surface area contributed by atoms with Gasteiger partial charge in [-0.1, -0.05) is 18.2 Å². The lowest BCUT2D eigenvalue weighted by atomic mass is 10.2. The van der Waals surface area contributed by atoms with Crippen LogP contribution >= 0.6 is 0 Å². The van der Waals surface area contributed by atoms with Gasteiger partial charge in [0.05, 0.1) is 22.1 Å². The molecule has 2 aromatic heterocycles. The number of imidazole rings is 2. The first-order chi connectivity index (χ1) is 10.3. The SMILES string of the molecule is NC(=O)c1cccc2ncn(-n3cnc4ccccc43)c12. The first-order valence-corrected chi connectivity index (χ1v) is 6.44. The van der Waals surface area contributed by atoms with Crippen LogP contribution in [-0.2, 0) is 0 Å². The highest BCUT2D eigenvalue weighted by Crippen LogP contribution is 2.20. The van der Waals surface area contributed by atoms with Gasteiger partial charge in [0.15, 0.2) is 0 Å². The molecule has 2 aromatic carbocycles. The molecule has 0 bridgehead atoms. The van der Waals surface area contributed by atoms with Gasteiger partial charge in [0, 0.05) is 0 Å². The van der Waals surface area contributed by atoms with Crippen molar-refractivity contribution < 1.29 is 4.79 Å². The number of nitrogens with two attached hydrogens (primary N) is 1. The minimum Gasteiger partial charge on any atom is -0.366 e. The molecule has 0 spiro atoms. The van der Waals surface area contributed by atoms with Gasteiger partial charge in [0.2, 0.25) is 0 Å². The van der Waals surface area contributed by atoms with Gasteiger partial charge in [-0.3, -0.25) is 4.79 Å². The van der Waals surface area contributed by atoms with Gasteiger partial charge < -0.3 is 5.73 Å².